The molecular formula is C25H26F2N4O4. The van der Waals surface area contributed by atoms with E-state index < -0.39 is 18.6 Å². The first-order valence-corrected chi connectivity index (χ1v) is 11.3. The van der Waals surface area contributed by atoms with Crippen molar-refractivity contribution < 1.29 is 28.5 Å². The first kappa shape index (κ1) is 24.5. The van der Waals surface area contributed by atoms with E-state index in [1.807, 2.05) is 0 Å². The predicted octanol–water partition coefficient (Wildman–Crippen LogP) is 3.59. The largest absolute Gasteiger partial charge is 0.435 e. The number of carbonyl (C=O) groups is 1. The van der Waals surface area contributed by atoms with Crippen molar-refractivity contribution in [3.63, 3.8) is 0 Å². The van der Waals surface area contributed by atoms with Crippen molar-refractivity contribution in [2.45, 2.75) is 43.9 Å². The van der Waals surface area contributed by atoms with Crippen molar-refractivity contribution in [3.8, 4) is 16.9 Å². The highest BCUT2D eigenvalue weighted by atomic mass is 19.3. The van der Waals surface area contributed by atoms with Crippen LogP contribution in [0.5, 0.6) is 5.75 Å². The summed E-state index contributed by atoms with van der Waals surface area (Å²) in [5.74, 6) is -0.619. The van der Waals surface area contributed by atoms with Crippen LogP contribution in [0.2, 0.25) is 0 Å². The summed E-state index contributed by atoms with van der Waals surface area (Å²) in [6.07, 6.45) is 4.93. The van der Waals surface area contributed by atoms with E-state index in [0.717, 1.165) is 18.4 Å². The van der Waals surface area contributed by atoms with Gasteiger partial charge in [-0.05, 0) is 54.7 Å². The number of halogens is 2. The Bertz CT molecular complexity index is 1110. The van der Waals surface area contributed by atoms with Crippen LogP contribution in [0.4, 0.5) is 20.4 Å². The number of carbonyl (C=O) groups excluding carboxylic acids is 1. The summed E-state index contributed by atoms with van der Waals surface area (Å²) < 4.78 is 28.9. The molecule has 1 amide bonds. The summed E-state index contributed by atoms with van der Waals surface area (Å²) in [5.41, 5.74) is 2.80. The lowest BCUT2D eigenvalue weighted by Gasteiger charge is -2.21. The quantitative estimate of drug-likeness (QED) is 0.367. The van der Waals surface area contributed by atoms with E-state index in [1.54, 1.807) is 48.8 Å². The minimum Gasteiger partial charge on any atom is -0.435 e. The fourth-order valence-electron chi connectivity index (χ4n) is 4.03. The number of nitrogens with zero attached hydrogens (tertiary/aromatic N) is 2. The normalized spacial score (nSPS) is 18.3. The second-order valence-electron chi connectivity index (χ2n) is 8.29. The van der Waals surface area contributed by atoms with Gasteiger partial charge in [0.1, 0.15) is 5.75 Å². The standard InChI is InChI=1S/C25H26F2N4O4/c26-24(27)35-19-10-6-15(7-11-19)17-12-28-25(29-13-17)30-18-8-4-16(5-9-18)20(14-32)23(34)31-21-2-1-3-22(21)33/h4-13,20-22,24,32-33H,1-3,14H2,(H,31,34)(H,28,29,30)/t20-,21+,22+/m1/s1. The molecule has 0 bridgehead atoms. The topological polar surface area (TPSA) is 117 Å². The van der Waals surface area contributed by atoms with Crippen molar-refractivity contribution in [2.75, 3.05) is 11.9 Å². The number of aromatic nitrogens is 2. The summed E-state index contributed by atoms with van der Waals surface area (Å²) in [6, 6.07) is 12.9. The van der Waals surface area contributed by atoms with Crippen molar-refractivity contribution in [2.24, 2.45) is 0 Å². The average Bonchev–Trinajstić information content (AvgIpc) is 3.25. The van der Waals surface area contributed by atoms with Gasteiger partial charge in [0.2, 0.25) is 11.9 Å². The second-order valence-corrected chi connectivity index (χ2v) is 8.29. The third-order valence-electron chi connectivity index (χ3n) is 5.94. The molecule has 0 spiro atoms. The van der Waals surface area contributed by atoms with Gasteiger partial charge in [-0.1, -0.05) is 24.3 Å². The number of hydrogen-bond donors (Lipinski definition) is 4. The molecule has 0 radical (unpaired) electrons. The van der Waals surface area contributed by atoms with E-state index in [0.29, 0.717) is 29.2 Å². The molecule has 0 saturated heterocycles. The molecule has 1 saturated carbocycles. The molecule has 1 aromatic heterocycles. The lowest BCUT2D eigenvalue weighted by molar-refractivity contribution is -0.124. The Morgan fingerprint density at radius 3 is 2.29 bits per heavy atom. The summed E-state index contributed by atoms with van der Waals surface area (Å²) in [6.45, 7) is -3.22. The molecule has 1 aliphatic rings. The molecule has 4 N–H and O–H groups in total. The molecule has 1 heterocycles. The van der Waals surface area contributed by atoms with Gasteiger partial charge < -0.3 is 25.6 Å². The Balaban J connectivity index is 1.36. The number of benzene rings is 2. The van der Waals surface area contributed by atoms with E-state index >= 15 is 0 Å². The highest BCUT2D eigenvalue weighted by Gasteiger charge is 2.29. The van der Waals surface area contributed by atoms with Gasteiger partial charge in [0.25, 0.3) is 0 Å². The molecule has 4 rings (SSSR count). The van der Waals surface area contributed by atoms with Crippen LogP contribution >= 0.6 is 0 Å². The van der Waals surface area contributed by atoms with Gasteiger partial charge in [0.15, 0.2) is 0 Å². The van der Waals surface area contributed by atoms with E-state index in [-0.39, 0.29) is 24.3 Å². The molecule has 8 nitrogen and oxygen atoms in total. The van der Waals surface area contributed by atoms with Crippen LogP contribution in [-0.2, 0) is 4.79 Å². The highest BCUT2D eigenvalue weighted by molar-refractivity contribution is 5.84. The number of rotatable bonds is 9. The van der Waals surface area contributed by atoms with Crippen LogP contribution in [0.25, 0.3) is 11.1 Å². The van der Waals surface area contributed by atoms with Gasteiger partial charge in [-0.3, -0.25) is 4.79 Å². The molecule has 3 aromatic rings. The predicted molar refractivity (Wildman–Crippen MR) is 125 cm³/mol. The molecule has 2 aromatic carbocycles. The number of aliphatic hydroxyl groups is 2. The zero-order valence-electron chi connectivity index (χ0n) is 18.8. The van der Waals surface area contributed by atoms with Crippen molar-refractivity contribution in [3.05, 3.63) is 66.5 Å². The summed E-state index contributed by atoms with van der Waals surface area (Å²) in [7, 11) is 0. The van der Waals surface area contributed by atoms with Crippen LogP contribution < -0.4 is 15.4 Å². The Morgan fingerprint density at radius 2 is 1.71 bits per heavy atom. The number of alkyl halides is 2. The monoisotopic (exact) mass is 484 g/mol. The smallest absolute Gasteiger partial charge is 0.387 e. The van der Waals surface area contributed by atoms with Gasteiger partial charge in [-0.15, -0.1) is 0 Å². The van der Waals surface area contributed by atoms with Crippen LogP contribution in [0.15, 0.2) is 60.9 Å². The number of ether oxygens (including phenoxy) is 1. The molecule has 10 heteroatoms. The van der Waals surface area contributed by atoms with E-state index in [9.17, 15) is 23.8 Å². The second kappa shape index (κ2) is 11.2. The SMILES string of the molecule is O=C(N[C@H]1CCC[C@@H]1O)[C@H](CO)c1ccc(Nc2ncc(-c3ccc(OC(F)F)cc3)cn2)cc1. The van der Waals surface area contributed by atoms with Gasteiger partial charge in [0.05, 0.1) is 24.7 Å². The first-order chi connectivity index (χ1) is 16.9. The zero-order valence-corrected chi connectivity index (χ0v) is 18.8. The maximum absolute atomic E-state index is 12.6. The Kier molecular flexibility index (Phi) is 7.84. The molecule has 1 aliphatic carbocycles. The number of nitrogens with one attached hydrogen (secondary N) is 2. The van der Waals surface area contributed by atoms with Crippen LogP contribution in [-0.4, -0.2) is 51.5 Å². The summed E-state index contributed by atoms with van der Waals surface area (Å²) in [4.78, 5) is 21.2. The third kappa shape index (κ3) is 6.28. The fraction of sp³-hybridized carbons (Fsp3) is 0.320. The van der Waals surface area contributed by atoms with Gasteiger partial charge in [-0.2, -0.15) is 8.78 Å². The van der Waals surface area contributed by atoms with E-state index in [2.05, 4.69) is 25.3 Å². The van der Waals surface area contributed by atoms with Gasteiger partial charge >= 0.3 is 6.61 Å². The molecule has 35 heavy (non-hydrogen) atoms. The minimum atomic E-state index is -2.87. The van der Waals surface area contributed by atoms with Crippen molar-refractivity contribution in [1.82, 2.24) is 15.3 Å². The van der Waals surface area contributed by atoms with Crippen molar-refractivity contribution in [1.29, 1.82) is 0 Å². The fourth-order valence-corrected chi connectivity index (χ4v) is 4.03. The van der Waals surface area contributed by atoms with Gasteiger partial charge in [-0.25, -0.2) is 9.97 Å². The molecule has 0 unspecified atom stereocenters. The number of hydrogen-bond acceptors (Lipinski definition) is 7. The lowest BCUT2D eigenvalue weighted by Crippen LogP contribution is -2.43. The van der Waals surface area contributed by atoms with Gasteiger partial charge in [0, 0.05) is 23.6 Å². The molecule has 0 aliphatic heterocycles. The van der Waals surface area contributed by atoms with Crippen molar-refractivity contribution >= 4 is 17.5 Å². The maximum Gasteiger partial charge on any atom is 0.387 e. The van der Waals surface area contributed by atoms with Crippen LogP contribution in [0.3, 0.4) is 0 Å². The number of amides is 1. The number of anilines is 2. The summed E-state index contributed by atoms with van der Waals surface area (Å²) >= 11 is 0. The average molecular weight is 485 g/mol. The Hall–Kier alpha value is -3.63. The first-order valence-electron chi connectivity index (χ1n) is 11.3. The molecule has 1 fully saturated rings. The Labute approximate surface area is 201 Å². The highest BCUT2D eigenvalue weighted by Crippen LogP contribution is 2.25. The van der Waals surface area contributed by atoms with Crippen LogP contribution in [0.1, 0.15) is 30.7 Å². The lowest BCUT2D eigenvalue weighted by atomic mass is 9.98. The molecule has 3 atom stereocenters. The molecule has 184 valence electrons. The summed E-state index contributed by atoms with van der Waals surface area (Å²) in [5, 5.41) is 25.6. The third-order valence-corrected chi connectivity index (χ3v) is 5.94. The Morgan fingerprint density at radius 1 is 1.03 bits per heavy atom. The molecular weight excluding hydrogens is 458 g/mol. The van der Waals surface area contributed by atoms with E-state index in [4.69, 9.17) is 0 Å². The zero-order chi connectivity index (χ0) is 24.8. The maximum atomic E-state index is 12.6. The minimum absolute atomic E-state index is 0.0726. The van der Waals surface area contributed by atoms with Crippen LogP contribution in [0, 0.1) is 0 Å². The number of aliphatic hydroxyl groups excluding tert-OH is 2. The van der Waals surface area contributed by atoms with E-state index in [1.165, 1.54) is 12.1 Å².